The topological polar surface area (TPSA) is 35.5 Å². The summed E-state index contributed by atoms with van der Waals surface area (Å²) in [5.74, 6) is 1.71. The monoisotopic (exact) mass is 326 g/mol. The van der Waals surface area contributed by atoms with E-state index in [1.165, 1.54) is 24.8 Å². The van der Waals surface area contributed by atoms with Gasteiger partial charge in [-0.25, -0.2) is 0 Å². The lowest BCUT2D eigenvalue weighted by Gasteiger charge is -2.09. The van der Waals surface area contributed by atoms with E-state index in [1.807, 2.05) is 18.2 Å². The summed E-state index contributed by atoms with van der Waals surface area (Å²) in [6.07, 6.45) is 6.51. The number of aldehydes is 1. The van der Waals surface area contributed by atoms with Crippen LogP contribution in [0.2, 0.25) is 0 Å². The van der Waals surface area contributed by atoms with E-state index in [1.54, 1.807) is 12.1 Å². The molecule has 2 aromatic carbocycles. The van der Waals surface area contributed by atoms with Gasteiger partial charge in [-0.3, -0.25) is 4.79 Å². The van der Waals surface area contributed by atoms with Crippen molar-refractivity contribution in [3.63, 3.8) is 0 Å². The molecule has 0 amide bonds. The Labute approximate surface area is 144 Å². The number of carbonyl (C=O) groups is 1. The van der Waals surface area contributed by atoms with Crippen molar-refractivity contribution < 1.29 is 14.3 Å². The highest BCUT2D eigenvalue weighted by molar-refractivity contribution is 5.74. The van der Waals surface area contributed by atoms with Crippen molar-refractivity contribution in [3.05, 3.63) is 59.7 Å². The van der Waals surface area contributed by atoms with Gasteiger partial charge in [-0.15, -0.1) is 0 Å². The number of rotatable bonds is 11. The van der Waals surface area contributed by atoms with E-state index in [9.17, 15) is 4.79 Å². The second-order valence-corrected chi connectivity index (χ2v) is 5.84. The highest BCUT2D eigenvalue weighted by atomic mass is 16.5. The molecule has 24 heavy (non-hydrogen) atoms. The lowest BCUT2D eigenvalue weighted by atomic mass is 10.1. The molecule has 0 spiro atoms. The summed E-state index contributed by atoms with van der Waals surface area (Å²) in [5, 5.41) is 0. The number of carbonyl (C=O) groups excluding carboxylic acids is 1. The lowest BCUT2D eigenvalue weighted by molar-refractivity contribution is 0.112. The Morgan fingerprint density at radius 2 is 1.62 bits per heavy atom. The molecule has 0 N–H and O–H groups in total. The molecule has 0 unspecified atom stereocenters. The minimum atomic E-state index is 0.594. The van der Waals surface area contributed by atoms with Crippen LogP contribution < -0.4 is 9.47 Å². The SMILES string of the molecule is CCCCCc1cccc(OCCCOc2ccc(C=O)cc2)c1. The molecule has 0 aliphatic carbocycles. The van der Waals surface area contributed by atoms with Gasteiger partial charge in [0.2, 0.25) is 0 Å². The second kappa shape index (κ2) is 10.5. The van der Waals surface area contributed by atoms with Gasteiger partial charge in [0.1, 0.15) is 17.8 Å². The van der Waals surface area contributed by atoms with E-state index in [4.69, 9.17) is 9.47 Å². The average Bonchev–Trinajstić information content (AvgIpc) is 2.62. The maximum Gasteiger partial charge on any atom is 0.150 e. The Morgan fingerprint density at radius 3 is 2.33 bits per heavy atom. The first kappa shape index (κ1) is 18.1. The molecule has 0 saturated carbocycles. The Hall–Kier alpha value is -2.29. The van der Waals surface area contributed by atoms with Crippen molar-refractivity contribution in [2.45, 2.75) is 39.0 Å². The fourth-order valence-corrected chi connectivity index (χ4v) is 2.45. The molecule has 0 bridgehead atoms. The van der Waals surface area contributed by atoms with E-state index >= 15 is 0 Å². The highest BCUT2D eigenvalue weighted by Crippen LogP contribution is 2.16. The van der Waals surface area contributed by atoms with Crippen molar-refractivity contribution in [2.75, 3.05) is 13.2 Å². The van der Waals surface area contributed by atoms with Crippen LogP contribution in [-0.4, -0.2) is 19.5 Å². The van der Waals surface area contributed by atoms with Gasteiger partial charge in [0.25, 0.3) is 0 Å². The van der Waals surface area contributed by atoms with Crippen LogP contribution in [0.4, 0.5) is 0 Å². The smallest absolute Gasteiger partial charge is 0.150 e. The summed E-state index contributed by atoms with van der Waals surface area (Å²) in [6, 6.07) is 15.5. The summed E-state index contributed by atoms with van der Waals surface area (Å²) in [5.41, 5.74) is 2.00. The fourth-order valence-electron chi connectivity index (χ4n) is 2.45. The number of hydrogen-bond acceptors (Lipinski definition) is 3. The third-order valence-corrected chi connectivity index (χ3v) is 3.81. The van der Waals surface area contributed by atoms with E-state index < -0.39 is 0 Å². The molecule has 3 nitrogen and oxygen atoms in total. The van der Waals surface area contributed by atoms with Crippen LogP contribution in [0, 0.1) is 0 Å². The maximum atomic E-state index is 10.6. The van der Waals surface area contributed by atoms with Crippen LogP contribution in [-0.2, 0) is 6.42 Å². The van der Waals surface area contributed by atoms with Gasteiger partial charge in [0.05, 0.1) is 13.2 Å². The van der Waals surface area contributed by atoms with Gasteiger partial charge in [-0.2, -0.15) is 0 Å². The number of benzene rings is 2. The zero-order chi connectivity index (χ0) is 17.0. The largest absolute Gasteiger partial charge is 0.493 e. The maximum absolute atomic E-state index is 10.6. The fraction of sp³-hybridized carbons (Fsp3) is 0.381. The summed E-state index contributed by atoms with van der Waals surface area (Å²) >= 11 is 0. The standard InChI is InChI=1S/C21H26O3/c1-2-3-4-7-18-8-5-9-21(16-18)24-15-6-14-23-20-12-10-19(17-22)11-13-20/h5,8-13,16-17H,2-4,6-7,14-15H2,1H3. The van der Waals surface area contributed by atoms with Crippen LogP contribution >= 0.6 is 0 Å². The summed E-state index contributed by atoms with van der Waals surface area (Å²) < 4.78 is 11.4. The predicted octanol–water partition coefficient (Wildman–Crippen LogP) is 5.08. The minimum Gasteiger partial charge on any atom is -0.493 e. The summed E-state index contributed by atoms with van der Waals surface area (Å²) in [4.78, 5) is 10.6. The first-order chi connectivity index (χ1) is 11.8. The molecule has 2 rings (SSSR count). The number of aryl methyl sites for hydroxylation is 1. The number of unbranched alkanes of at least 4 members (excludes halogenated alkanes) is 2. The predicted molar refractivity (Wildman–Crippen MR) is 97.1 cm³/mol. The molecular formula is C21H26O3. The third-order valence-electron chi connectivity index (χ3n) is 3.81. The first-order valence-corrected chi connectivity index (χ1v) is 8.71. The van der Waals surface area contributed by atoms with Gasteiger partial charge >= 0.3 is 0 Å². The van der Waals surface area contributed by atoms with Crippen molar-refractivity contribution >= 4 is 6.29 Å². The molecule has 0 aliphatic rings. The van der Waals surface area contributed by atoms with Crippen molar-refractivity contribution in [2.24, 2.45) is 0 Å². The van der Waals surface area contributed by atoms with E-state index in [-0.39, 0.29) is 0 Å². The summed E-state index contributed by atoms with van der Waals surface area (Å²) in [6.45, 7) is 3.44. The Morgan fingerprint density at radius 1 is 0.875 bits per heavy atom. The van der Waals surface area contributed by atoms with Gasteiger partial charge in [0.15, 0.2) is 0 Å². The van der Waals surface area contributed by atoms with Gasteiger partial charge in [-0.1, -0.05) is 31.9 Å². The van der Waals surface area contributed by atoms with Crippen LogP contribution in [0.1, 0.15) is 48.5 Å². The minimum absolute atomic E-state index is 0.594. The molecule has 0 radical (unpaired) electrons. The van der Waals surface area contributed by atoms with Gasteiger partial charge in [-0.05, 0) is 54.8 Å². The van der Waals surface area contributed by atoms with E-state index in [2.05, 4.69) is 25.1 Å². The van der Waals surface area contributed by atoms with E-state index in [0.717, 1.165) is 30.6 Å². The third kappa shape index (κ3) is 6.45. The molecule has 0 heterocycles. The first-order valence-electron chi connectivity index (χ1n) is 8.71. The van der Waals surface area contributed by atoms with Gasteiger partial charge in [0, 0.05) is 12.0 Å². The zero-order valence-corrected chi connectivity index (χ0v) is 14.4. The van der Waals surface area contributed by atoms with Crippen LogP contribution in [0.3, 0.4) is 0 Å². The molecule has 0 atom stereocenters. The van der Waals surface area contributed by atoms with Crippen molar-refractivity contribution in [1.82, 2.24) is 0 Å². The van der Waals surface area contributed by atoms with Crippen LogP contribution in [0.15, 0.2) is 48.5 Å². The molecule has 2 aromatic rings. The highest BCUT2D eigenvalue weighted by Gasteiger charge is 1.99. The number of ether oxygens (including phenoxy) is 2. The molecule has 3 heteroatoms. The Bertz CT molecular complexity index is 605. The lowest BCUT2D eigenvalue weighted by Crippen LogP contribution is -2.05. The molecule has 0 aliphatic heterocycles. The van der Waals surface area contributed by atoms with Crippen LogP contribution in [0.5, 0.6) is 11.5 Å². The Balaban J connectivity index is 1.66. The molecule has 0 saturated heterocycles. The quantitative estimate of drug-likeness (QED) is 0.427. The molecular weight excluding hydrogens is 300 g/mol. The normalized spacial score (nSPS) is 10.4. The zero-order valence-electron chi connectivity index (χ0n) is 14.4. The molecule has 128 valence electrons. The van der Waals surface area contributed by atoms with Crippen LogP contribution in [0.25, 0.3) is 0 Å². The van der Waals surface area contributed by atoms with Crippen molar-refractivity contribution in [3.8, 4) is 11.5 Å². The second-order valence-electron chi connectivity index (χ2n) is 5.84. The van der Waals surface area contributed by atoms with E-state index in [0.29, 0.717) is 18.8 Å². The number of hydrogen-bond donors (Lipinski definition) is 0. The molecule has 0 fully saturated rings. The van der Waals surface area contributed by atoms with Gasteiger partial charge < -0.3 is 9.47 Å². The summed E-state index contributed by atoms with van der Waals surface area (Å²) in [7, 11) is 0. The van der Waals surface area contributed by atoms with Crippen molar-refractivity contribution in [1.29, 1.82) is 0 Å². The Kier molecular flexibility index (Phi) is 7.88. The molecule has 0 aromatic heterocycles. The average molecular weight is 326 g/mol.